The van der Waals surface area contributed by atoms with Gasteiger partial charge < -0.3 is 14.9 Å². The largest absolute Gasteiger partial charge is 0.481 e. The second-order valence-corrected chi connectivity index (χ2v) is 5.89. The van der Waals surface area contributed by atoms with Gasteiger partial charge in [0.15, 0.2) is 0 Å². The van der Waals surface area contributed by atoms with E-state index in [1.54, 1.807) is 30.5 Å². The van der Waals surface area contributed by atoms with Crippen LogP contribution in [0.15, 0.2) is 54.2 Å². The molecule has 0 aliphatic carbocycles. The Balaban J connectivity index is 1.81. The fourth-order valence-electron chi connectivity index (χ4n) is 2.52. The van der Waals surface area contributed by atoms with Crippen molar-refractivity contribution in [3.05, 3.63) is 77.1 Å². The molecule has 148 valence electrons. The molecule has 0 bridgehead atoms. The summed E-state index contributed by atoms with van der Waals surface area (Å²) < 4.78 is 18.7. The summed E-state index contributed by atoms with van der Waals surface area (Å²) in [5, 5.41) is 6.66. The van der Waals surface area contributed by atoms with Crippen LogP contribution in [0, 0.1) is 12.7 Å². The molecule has 3 aromatic rings. The minimum absolute atomic E-state index is 0.141. The number of pyridine rings is 3. The Hall–Kier alpha value is -3.88. The normalized spacial score (nSPS) is 11.1. The van der Waals surface area contributed by atoms with Gasteiger partial charge in [-0.05, 0) is 25.1 Å². The Morgan fingerprint density at radius 2 is 1.76 bits per heavy atom. The van der Waals surface area contributed by atoms with Crippen molar-refractivity contribution in [2.24, 2.45) is 5.16 Å². The smallest absolute Gasteiger partial charge is 0.258 e. The number of rotatable bonds is 6. The topological polar surface area (TPSA) is 98.6 Å². The first-order chi connectivity index (χ1) is 14.0. The molecule has 3 heterocycles. The molecule has 1 N–H and O–H groups in total. The number of nitrogens with one attached hydrogen (secondary N) is 1. The van der Waals surface area contributed by atoms with E-state index in [-0.39, 0.29) is 11.1 Å². The second-order valence-electron chi connectivity index (χ2n) is 5.89. The lowest BCUT2D eigenvalue weighted by Crippen LogP contribution is -2.15. The summed E-state index contributed by atoms with van der Waals surface area (Å²) in [7, 11) is 2.97. The number of carbonyl (C=O) groups excluding carboxylic acids is 1. The lowest BCUT2D eigenvalue weighted by atomic mass is 10.1. The minimum atomic E-state index is -0.547. The van der Waals surface area contributed by atoms with E-state index >= 15 is 0 Å². The summed E-state index contributed by atoms with van der Waals surface area (Å²) in [6.07, 6.45) is 5.51. The Morgan fingerprint density at radius 1 is 1.03 bits per heavy atom. The third-order valence-electron chi connectivity index (χ3n) is 4.08. The predicted octanol–water partition coefficient (Wildman–Crippen LogP) is 2.98. The van der Waals surface area contributed by atoms with Gasteiger partial charge in [0.25, 0.3) is 5.91 Å². The number of anilines is 1. The van der Waals surface area contributed by atoms with Crippen molar-refractivity contribution in [1.29, 1.82) is 0 Å². The van der Waals surface area contributed by atoms with Gasteiger partial charge in [-0.1, -0.05) is 5.16 Å². The van der Waals surface area contributed by atoms with Gasteiger partial charge in [-0.3, -0.25) is 9.78 Å². The number of halogens is 1. The zero-order valence-corrected chi connectivity index (χ0v) is 16.0. The molecule has 0 fully saturated rings. The first-order valence-corrected chi connectivity index (χ1v) is 8.53. The van der Waals surface area contributed by atoms with Crippen LogP contribution in [0.4, 0.5) is 10.2 Å². The maximum absolute atomic E-state index is 13.6. The summed E-state index contributed by atoms with van der Waals surface area (Å²) in [5.74, 6) is -0.273. The van der Waals surface area contributed by atoms with Crippen molar-refractivity contribution in [3.8, 4) is 5.88 Å². The summed E-state index contributed by atoms with van der Waals surface area (Å²) in [6, 6.07) is 6.83. The molecule has 0 aliphatic heterocycles. The molecule has 1 amide bonds. The van der Waals surface area contributed by atoms with Gasteiger partial charge in [-0.15, -0.1) is 0 Å². The molecular weight excluding hydrogens is 377 g/mol. The Morgan fingerprint density at radius 3 is 2.34 bits per heavy atom. The number of carbonyl (C=O) groups is 1. The molecule has 0 saturated carbocycles. The summed E-state index contributed by atoms with van der Waals surface area (Å²) in [5.41, 5.74) is 2.23. The number of aromatic nitrogens is 3. The Labute approximate surface area is 166 Å². The Kier molecular flexibility index (Phi) is 6.08. The number of hydrogen-bond acceptors (Lipinski definition) is 7. The van der Waals surface area contributed by atoms with E-state index in [0.29, 0.717) is 28.5 Å². The van der Waals surface area contributed by atoms with Gasteiger partial charge in [-0.2, -0.15) is 0 Å². The molecule has 3 rings (SSSR count). The molecule has 0 aliphatic rings. The summed E-state index contributed by atoms with van der Waals surface area (Å²) in [4.78, 5) is 29.4. The molecule has 0 aromatic carbocycles. The highest BCUT2D eigenvalue weighted by Crippen LogP contribution is 2.16. The zero-order chi connectivity index (χ0) is 20.8. The van der Waals surface area contributed by atoms with Crippen molar-refractivity contribution < 1.29 is 18.8 Å². The standard InChI is InChI=1S/C20H18FN5O3/c1-12-15(10-22-11-16(12)21)20(27)25-17-6-4-13(8-23-17)19(26-29-3)14-5-7-18(28-2)24-9-14/h4-11H,1-3H3,(H,23,25,27). The van der Waals surface area contributed by atoms with Crippen LogP contribution in [0.5, 0.6) is 5.88 Å². The number of methoxy groups -OCH3 is 1. The number of amides is 1. The van der Waals surface area contributed by atoms with Crippen molar-refractivity contribution in [3.63, 3.8) is 0 Å². The molecule has 0 unspecified atom stereocenters. The zero-order valence-electron chi connectivity index (χ0n) is 16.0. The van der Waals surface area contributed by atoms with Crippen molar-refractivity contribution in [2.75, 3.05) is 19.5 Å². The molecule has 0 radical (unpaired) electrons. The minimum Gasteiger partial charge on any atom is -0.481 e. The summed E-state index contributed by atoms with van der Waals surface area (Å²) in [6.45, 7) is 1.51. The maximum Gasteiger partial charge on any atom is 0.258 e. The predicted molar refractivity (Wildman–Crippen MR) is 105 cm³/mol. The van der Waals surface area contributed by atoms with E-state index in [4.69, 9.17) is 9.57 Å². The Bertz CT molecular complexity index is 1040. The monoisotopic (exact) mass is 395 g/mol. The van der Waals surface area contributed by atoms with Gasteiger partial charge in [-0.25, -0.2) is 14.4 Å². The van der Waals surface area contributed by atoms with Crippen LogP contribution in [0.1, 0.15) is 27.0 Å². The van der Waals surface area contributed by atoms with Crippen molar-refractivity contribution in [2.45, 2.75) is 6.92 Å². The number of hydrogen-bond donors (Lipinski definition) is 1. The average molecular weight is 395 g/mol. The second kappa shape index (κ2) is 8.87. The highest BCUT2D eigenvalue weighted by Gasteiger charge is 2.14. The van der Waals surface area contributed by atoms with Crippen LogP contribution >= 0.6 is 0 Å². The van der Waals surface area contributed by atoms with Crippen LogP contribution in [0.25, 0.3) is 0 Å². The van der Waals surface area contributed by atoms with Crippen LogP contribution in [0.3, 0.4) is 0 Å². The third kappa shape index (κ3) is 4.52. The molecule has 0 spiro atoms. The quantitative estimate of drug-likeness (QED) is 0.509. The van der Waals surface area contributed by atoms with Crippen molar-refractivity contribution >= 4 is 17.4 Å². The molecule has 0 saturated heterocycles. The molecule has 3 aromatic heterocycles. The first kappa shape index (κ1) is 19.9. The van der Waals surface area contributed by atoms with E-state index in [0.717, 1.165) is 6.20 Å². The number of ether oxygens (including phenoxy) is 1. The molecule has 9 heteroatoms. The van der Waals surface area contributed by atoms with Gasteiger partial charge in [0, 0.05) is 41.3 Å². The van der Waals surface area contributed by atoms with Gasteiger partial charge in [0.1, 0.15) is 24.5 Å². The highest BCUT2D eigenvalue weighted by atomic mass is 19.1. The third-order valence-corrected chi connectivity index (χ3v) is 4.08. The SMILES string of the molecule is CON=C(c1ccc(NC(=O)c2cncc(F)c2C)nc1)c1ccc(OC)nc1. The van der Waals surface area contributed by atoms with Crippen LogP contribution in [0.2, 0.25) is 0 Å². The lowest BCUT2D eigenvalue weighted by molar-refractivity contribution is 0.102. The number of nitrogens with zero attached hydrogens (tertiary/aromatic N) is 4. The van der Waals surface area contributed by atoms with Crippen molar-refractivity contribution in [1.82, 2.24) is 15.0 Å². The molecule has 29 heavy (non-hydrogen) atoms. The summed E-state index contributed by atoms with van der Waals surface area (Å²) >= 11 is 0. The molecule has 0 atom stereocenters. The van der Waals surface area contributed by atoms with Crippen LogP contribution < -0.4 is 10.1 Å². The van der Waals surface area contributed by atoms with Crippen LogP contribution in [-0.2, 0) is 4.84 Å². The average Bonchev–Trinajstić information content (AvgIpc) is 2.75. The van der Waals surface area contributed by atoms with Gasteiger partial charge in [0.05, 0.1) is 18.9 Å². The van der Waals surface area contributed by atoms with Gasteiger partial charge >= 0.3 is 0 Å². The van der Waals surface area contributed by atoms with E-state index in [1.165, 1.54) is 33.5 Å². The van der Waals surface area contributed by atoms with Crippen LogP contribution in [-0.4, -0.2) is 40.8 Å². The molecule has 8 nitrogen and oxygen atoms in total. The van der Waals surface area contributed by atoms with E-state index in [9.17, 15) is 9.18 Å². The first-order valence-electron chi connectivity index (χ1n) is 8.53. The molecular formula is C20H18FN5O3. The van der Waals surface area contributed by atoms with Gasteiger partial charge in [0.2, 0.25) is 5.88 Å². The maximum atomic E-state index is 13.6. The van der Waals surface area contributed by atoms with E-state index < -0.39 is 11.7 Å². The van der Waals surface area contributed by atoms with E-state index in [2.05, 4.69) is 25.4 Å². The number of oxime groups is 1. The fraction of sp³-hybridized carbons (Fsp3) is 0.150. The van der Waals surface area contributed by atoms with E-state index in [1.807, 2.05) is 0 Å². The fourth-order valence-corrected chi connectivity index (χ4v) is 2.52. The highest BCUT2D eigenvalue weighted by molar-refractivity contribution is 6.12. The lowest BCUT2D eigenvalue weighted by Gasteiger charge is -2.09.